The van der Waals surface area contributed by atoms with Gasteiger partial charge in [0.15, 0.2) is 23.1 Å². The molecule has 24 heavy (non-hydrogen) atoms. The lowest BCUT2D eigenvalue weighted by Crippen LogP contribution is -2.10. The standard InChI is InChI=1S/C17H14F2O3S2/c1-21-15-9-11(17-23-6-7-24-17)3-5-14(15)22-16(20)10-2-4-12(18)13(19)8-10/h2-5,8-9,17H,6-7H2,1H3. The van der Waals surface area contributed by atoms with Gasteiger partial charge in [-0.15, -0.1) is 23.5 Å². The number of hydrogen-bond donors (Lipinski definition) is 0. The Morgan fingerprint density at radius 2 is 1.79 bits per heavy atom. The van der Waals surface area contributed by atoms with Crippen LogP contribution in [-0.2, 0) is 0 Å². The van der Waals surface area contributed by atoms with Crippen LogP contribution >= 0.6 is 23.5 Å². The summed E-state index contributed by atoms with van der Waals surface area (Å²) in [5.41, 5.74) is 1.02. The van der Waals surface area contributed by atoms with Crippen molar-refractivity contribution in [3.05, 3.63) is 59.2 Å². The number of hydrogen-bond acceptors (Lipinski definition) is 5. The summed E-state index contributed by atoms with van der Waals surface area (Å²) in [7, 11) is 1.49. The lowest BCUT2D eigenvalue weighted by Gasteiger charge is -2.13. The fourth-order valence-electron chi connectivity index (χ4n) is 2.25. The molecule has 1 heterocycles. The number of carbonyl (C=O) groups is 1. The quantitative estimate of drug-likeness (QED) is 0.579. The van der Waals surface area contributed by atoms with E-state index < -0.39 is 17.6 Å². The SMILES string of the molecule is COc1cc(C2SCCS2)ccc1OC(=O)c1ccc(F)c(F)c1. The van der Waals surface area contributed by atoms with Gasteiger partial charge in [-0.05, 0) is 35.9 Å². The number of esters is 1. The van der Waals surface area contributed by atoms with Crippen molar-refractivity contribution in [1.29, 1.82) is 0 Å². The summed E-state index contributed by atoms with van der Waals surface area (Å²) in [6, 6.07) is 8.25. The van der Waals surface area contributed by atoms with Gasteiger partial charge >= 0.3 is 5.97 Å². The Labute approximate surface area is 146 Å². The van der Waals surface area contributed by atoms with Gasteiger partial charge in [-0.2, -0.15) is 0 Å². The zero-order valence-corrected chi connectivity index (χ0v) is 14.4. The van der Waals surface area contributed by atoms with Gasteiger partial charge in [0.2, 0.25) is 0 Å². The van der Waals surface area contributed by atoms with E-state index in [1.807, 2.05) is 35.7 Å². The molecular weight excluding hydrogens is 354 g/mol. The molecule has 2 aromatic carbocycles. The highest BCUT2D eigenvalue weighted by molar-refractivity contribution is 8.19. The van der Waals surface area contributed by atoms with Crippen LogP contribution in [0.25, 0.3) is 0 Å². The maximum Gasteiger partial charge on any atom is 0.343 e. The molecule has 0 amide bonds. The van der Waals surface area contributed by atoms with Gasteiger partial charge in [0.1, 0.15) is 0 Å². The van der Waals surface area contributed by atoms with E-state index in [1.54, 1.807) is 6.07 Å². The Kier molecular flexibility index (Phi) is 5.30. The van der Waals surface area contributed by atoms with E-state index in [9.17, 15) is 13.6 Å². The molecule has 126 valence electrons. The van der Waals surface area contributed by atoms with E-state index in [-0.39, 0.29) is 11.3 Å². The first-order valence-corrected chi connectivity index (χ1v) is 9.26. The Hall–Kier alpha value is -1.73. The third-order valence-electron chi connectivity index (χ3n) is 3.44. The van der Waals surface area contributed by atoms with Gasteiger partial charge in [0, 0.05) is 11.5 Å². The molecule has 7 heteroatoms. The number of carbonyl (C=O) groups excluding carboxylic acids is 1. The number of rotatable bonds is 4. The average molecular weight is 368 g/mol. The molecule has 0 bridgehead atoms. The molecule has 0 N–H and O–H groups in total. The fraction of sp³-hybridized carbons (Fsp3) is 0.235. The average Bonchev–Trinajstić information content (AvgIpc) is 3.12. The molecule has 3 rings (SSSR count). The molecule has 0 aromatic heterocycles. The molecule has 2 aromatic rings. The van der Waals surface area contributed by atoms with Crippen LogP contribution in [0.1, 0.15) is 20.5 Å². The summed E-state index contributed by atoms with van der Waals surface area (Å²) in [5.74, 6) is -0.0122. The summed E-state index contributed by atoms with van der Waals surface area (Å²) in [5, 5.41) is 0. The Morgan fingerprint density at radius 1 is 1.04 bits per heavy atom. The number of halogens is 2. The van der Waals surface area contributed by atoms with Crippen molar-refractivity contribution < 1.29 is 23.0 Å². The molecule has 3 nitrogen and oxygen atoms in total. The number of benzene rings is 2. The van der Waals surface area contributed by atoms with Crippen molar-refractivity contribution in [1.82, 2.24) is 0 Å². The highest BCUT2D eigenvalue weighted by Gasteiger charge is 2.21. The van der Waals surface area contributed by atoms with Gasteiger partial charge in [-0.3, -0.25) is 0 Å². The molecule has 1 aliphatic heterocycles. The molecule has 0 saturated carbocycles. The molecule has 1 fully saturated rings. The van der Waals surface area contributed by atoms with Crippen LogP contribution in [0.15, 0.2) is 36.4 Å². The second-order valence-corrected chi connectivity index (χ2v) is 7.73. The van der Waals surface area contributed by atoms with E-state index in [1.165, 1.54) is 13.2 Å². The number of methoxy groups -OCH3 is 1. The van der Waals surface area contributed by atoms with Gasteiger partial charge in [0.05, 0.1) is 17.3 Å². The number of thioether (sulfide) groups is 2. The van der Waals surface area contributed by atoms with Gasteiger partial charge in [0.25, 0.3) is 0 Å². The second-order valence-electron chi connectivity index (χ2n) is 5.00. The molecule has 1 saturated heterocycles. The van der Waals surface area contributed by atoms with E-state index in [0.29, 0.717) is 10.3 Å². The maximum absolute atomic E-state index is 13.2. The summed E-state index contributed by atoms with van der Waals surface area (Å²) in [4.78, 5) is 12.1. The fourth-order valence-corrected chi connectivity index (χ4v) is 5.09. The molecule has 0 aliphatic carbocycles. The largest absolute Gasteiger partial charge is 0.493 e. The van der Waals surface area contributed by atoms with Gasteiger partial charge in [-0.1, -0.05) is 6.07 Å². The van der Waals surface area contributed by atoms with Crippen molar-refractivity contribution in [2.45, 2.75) is 4.58 Å². The summed E-state index contributed by atoms with van der Waals surface area (Å²) in [6.07, 6.45) is 0. The van der Waals surface area contributed by atoms with Crippen molar-refractivity contribution >= 4 is 29.5 Å². The zero-order valence-electron chi connectivity index (χ0n) is 12.8. The van der Waals surface area contributed by atoms with Crippen LogP contribution in [0.5, 0.6) is 11.5 Å². The molecule has 0 unspecified atom stereocenters. The summed E-state index contributed by atoms with van der Waals surface area (Å²) in [6.45, 7) is 0. The monoisotopic (exact) mass is 368 g/mol. The Balaban J connectivity index is 1.80. The van der Waals surface area contributed by atoms with Gasteiger partial charge < -0.3 is 9.47 Å². The normalized spacial score (nSPS) is 14.6. The van der Waals surface area contributed by atoms with Crippen molar-refractivity contribution in [2.24, 2.45) is 0 Å². The van der Waals surface area contributed by atoms with Crippen LogP contribution in [0, 0.1) is 11.6 Å². The molecule has 0 spiro atoms. The van der Waals surface area contributed by atoms with Crippen molar-refractivity contribution in [2.75, 3.05) is 18.6 Å². The predicted molar refractivity (Wildman–Crippen MR) is 92.0 cm³/mol. The first-order valence-electron chi connectivity index (χ1n) is 7.17. The van der Waals surface area contributed by atoms with E-state index in [4.69, 9.17) is 9.47 Å². The van der Waals surface area contributed by atoms with Crippen LogP contribution < -0.4 is 9.47 Å². The maximum atomic E-state index is 13.2. The van der Waals surface area contributed by atoms with Crippen LogP contribution in [0.3, 0.4) is 0 Å². The predicted octanol–water partition coefficient (Wildman–Crippen LogP) is 4.67. The van der Waals surface area contributed by atoms with E-state index in [0.717, 1.165) is 29.2 Å². The lowest BCUT2D eigenvalue weighted by atomic mass is 10.2. The third kappa shape index (κ3) is 3.67. The highest BCUT2D eigenvalue weighted by Crippen LogP contribution is 2.47. The van der Waals surface area contributed by atoms with Crippen molar-refractivity contribution in [3.63, 3.8) is 0 Å². The van der Waals surface area contributed by atoms with Crippen molar-refractivity contribution in [3.8, 4) is 11.5 Å². The molecule has 0 atom stereocenters. The van der Waals surface area contributed by atoms with Crippen LogP contribution in [0.2, 0.25) is 0 Å². The van der Waals surface area contributed by atoms with E-state index in [2.05, 4.69) is 0 Å². The lowest BCUT2D eigenvalue weighted by molar-refractivity contribution is 0.0729. The minimum Gasteiger partial charge on any atom is -0.493 e. The van der Waals surface area contributed by atoms with Gasteiger partial charge in [-0.25, -0.2) is 13.6 Å². The first-order chi connectivity index (χ1) is 11.6. The zero-order chi connectivity index (χ0) is 17.1. The second kappa shape index (κ2) is 7.44. The number of ether oxygens (including phenoxy) is 2. The minimum absolute atomic E-state index is 0.0677. The molecular formula is C17H14F2O3S2. The smallest absolute Gasteiger partial charge is 0.343 e. The Morgan fingerprint density at radius 3 is 2.46 bits per heavy atom. The Bertz CT molecular complexity index is 761. The third-order valence-corrected chi connectivity index (χ3v) is 6.54. The highest BCUT2D eigenvalue weighted by atomic mass is 32.2. The summed E-state index contributed by atoms with van der Waals surface area (Å²) >= 11 is 3.71. The van der Waals surface area contributed by atoms with E-state index >= 15 is 0 Å². The minimum atomic E-state index is -1.10. The topological polar surface area (TPSA) is 35.5 Å². The first kappa shape index (κ1) is 17.1. The van der Waals surface area contributed by atoms with Crippen LogP contribution in [-0.4, -0.2) is 24.6 Å². The van der Waals surface area contributed by atoms with Crippen LogP contribution in [0.4, 0.5) is 8.78 Å². The molecule has 0 radical (unpaired) electrons. The molecule has 1 aliphatic rings. The summed E-state index contributed by atoms with van der Waals surface area (Å²) < 4.78 is 37.1.